The minimum atomic E-state index is -0.305. The number of likely N-dealkylation sites (tertiary alicyclic amines) is 1. The molecule has 2 rings (SSSR count). The minimum Gasteiger partial charge on any atom is -0.489 e. The van der Waals surface area contributed by atoms with Crippen LogP contribution in [0.1, 0.15) is 32.6 Å². The fourth-order valence-corrected chi connectivity index (χ4v) is 3.59. The molecule has 1 aromatic carbocycles. The third-order valence-electron chi connectivity index (χ3n) is 5.28. The molecule has 1 aliphatic heterocycles. The van der Waals surface area contributed by atoms with Gasteiger partial charge in [0.15, 0.2) is 5.96 Å². The minimum absolute atomic E-state index is 0.0164. The van der Waals surface area contributed by atoms with Crippen LogP contribution in [0.25, 0.3) is 0 Å². The van der Waals surface area contributed by atoms with E-state index in [4.69, 9.17) is 4.74 Å². The highest BCUT2D eigenvalue weighted by atomic mass is 19.1. The van der Waals surface area contributed by atoms with Crippen molar-refractivity contribution >= 4 is 11.9 Å². The molecule has 1 saturated heterocycles. The van der Waals surface area contributed by atoms with Crippen molar-refractivity contribution in [3.8, 4) is 5.75 Å². The van der Waals surface area contributed by atoms with E-state index in [-0.39, 0.29) is 23.9 Å². The van der Waals surface area contributed by atoms with E-state index in [0.717, 1.165) is 45.3 Å². The van der Waals surface area contributed by atoms with E-state index in [0.29, 0.717) is 18.3 Å². The summed E-state index contributed by atoms with van der Waals surface area (Å²) in [4.78, 5) is 20.5. The standard InChI is InChI=1S/C22H36FN5O2/c1-5-18(30-19-10-6-9-17(23)15-19)16-26-22(24-2)25-12-8-14-28-13-7-11-20(28)21(29)27(3)4/h6,9-10,15,18,20H,5,7-8,11-14,16H2,1-4H3,(H2,24,25,26). The van der Waals surface area contributed by atoms with Crippen molar-refractivity contribution in [3.63, 3.8) is 0 Å². The predicted molar refractivity (Wildman–Crippen MR) is 118 cm³/mol. The Morgan fingerprint density at radius 2 is 2.20 bits per heavy atom. The van der Waals surface area contributed by atoms with Gasteiger partial charge in [-0.15, -0.1) is 0 Å². The molecule has 1 aromatic rings. The zero-order valence-corrected chi connectivity index (χ0v) is 18.7. The van der Waals surface area contributed by atoms with Crippen molar-refractivity contribution in [1.29, 1.82) is 0 Å². The molecule has 168 valence electrons. The zero-order chi connectivity index (χ0) is 21.9. The van der Waals surface area contributed by atoms with Gasteiger partial charge in [-0.1, -0.05) is 13.0 Å². The second-order valence-electron chi connectivity index (χ2n) is 7.77. The number of benzene rings is 1. The molecule has 0 saturated carbocycles. The molecule has 30 heavy (non-hydrogen) atoms. The summed E-state index contributed by atoms with van der Waals surface area (Å²) in [7, 11) is 5.37. The first-order chi connectivity index (χ1) is 14.4. The highest BCUT2D eigenvalue weighted by Crippen LogP contribution is 2.18. The molecule has 1 heterocycles. The number of nitrogens with zero attached hydrogens (tertiary/aromatic N) is 3. The molecule has 2 unspecified atom stereocenters. The van der Waals surface area contributed by atoms with Gasteiger partial charge in [0.2, 0.25) is 5.91 Å². The number of carbonyl (C=O) groups is 1. The number of rotatable bonds is 10. The van der Waals surface area contributed by atoms with Gasteiger partial charge in [0, 0.05) is 40.3 Å². The molecule has 1 amide bonds. The molecule has 0 aliphatic carbocycles. The third kappa shape index (κ3) is 7.48. The highest BCUT2D eigenvalue weighted by molar-refractivity contribution is 5.81. The summed E-state index contributed by atoms with van der Waals surface area (Å²) >= 11 is 0. The second kappa shape index (κ2) is 12.4. The average Bonchev–Trinajstić information content (AvgIpc) is 3.20. The Morgan fingerprint density at radius 3 is 2.87 bits per heavy atom. The molecule has 8 heteroatoms. The Labute approximate surface area is 179 Å². The van der Waals surface area contributed by atoms with Crippen LogP contribution in [0.4, 0.5) is 4.39 Å². The normalized spacial score (nSPS) is 18.2. The van der Waals surface area contributed by atoms with E-state index >= 15 is 0 Å². The number of likely N-dealkylation sites (N-methyl/N-ethyl adjacent to an activating group) is 1. The number of halogens is 1. The van der Waals surface area contributed by atoms with Gasteiger partial charge in [-0.25, -0.2) is 4.39 Å². The van der Waals surface area contributed by atoms with Crippen molar-refractivity contribution in [2.75, 3.05) is 47.3 Å². The van der Waals surface area contributed by atoms with Crippen LogP contribution in [0.2, 0.25) is 0 Å². The lowest BCUT2D eigenvalue weighted by molar-refractivity contribution is -0.133. The summed E-state index contributed by atoms with van der Waals surface area (Å²) in [5.74, 6) is 1.12. The van der Waals surface area contributed by atoms with Crippen LogP contribution in [0.5, 0.6) is 5.75 Å². The van der Waals surface area contributed by atoms with E-state index in [1.54, 1.807) is 24.1 Å². The largest absolute Gasteiger partial charge is 0.489 e. The molecular weight excluding hydrogens is 385 g/mol. The zero-order valence-electron chi connectivity index (χ0n) is 18.7. The Morgan fingerprint density at radius 1 is 1.40 bits per heavy atom. The molecule has 0 radical (unpaired) electrons. The summed E-state index contributed by atoms with van der Waals surface area (Å²) in [5, 5.41) is 6.59. The number of carbonyl (C=O) groups excluding carboxylic acids is 1. The van der Waals surface area contributed by atoms with E-state index in [1.165, 1.54) is 12.1 Å². The average molecular weight is 422 g/mol. The first-order valence-electron chi connectivity index (χ1n) is 10.8. The first-order valence-corrected chi connectivity index (χ1v) is 10.8. The number of guanidine groups is 1. The number of aliphatic imine (C=N–C) groups is 1. The van der Waals surface area contributed by atoms with Crippen molar-refractivity contribution in [1.82, 2.24) is 20.4 Å². The van der Waals surface area contributed by atoms with Gasteiger partial charge in [0.05, 0.1) is 12.6 Å². The molecule has 0 spiro atoms. The fraction of sp³-hybridized carbons (Fsp3) is 0.636. The molecule has 1 fully saturated rings. The van der Waals surface area contributed by atoms with Crippen LogP contribution in [0.15, 0.2) is 29.3 Å². The number of hydrogen-bond acceptors (Lipinski definition) is 4. The van der Waals surface area contributed by atoms with Crippen LogP contribution in [-0.2, 0) is 4.79 Å². The summed E-state index contributed by atoms with van der Waals surface area (Å²) in [5.41, 5.74) is 0. The summed E-state index contributed by atoms with van der Waals surface area (Å²) in [6.45, 7) is 5.23. The summed E-state index contributed by atoms with van der Waals surface area (Å²) in [6.07, 6.45) is 3.64. The lowest BCUT2D eigenvalue weighted by Crippen LogP contribution is -2.45. The lowest BCUT2D eigenvalue weighted by Gasteiger charge is -2.26. The SMILES string of the molecule is CCC(CNC(=NC)NCCCN1CCCC1C(=O)N(C)C)Oc1cccc(F)c1. The van der Waals surface area contributed by atoms with E-state index in [1.807, 2.05) is 21.0 Å². The topological polar surface area (TPSA) is 69.2 Å². The molecule has 2 atom stereocenters. The highest BCUT2D eigenvalue weighted by Gasteiger charge is 2.30. The second-order valence-corrected chi connectivity index (χ2v) is 7.77. The Balaban J connectivity index is 1.70. The van der Waals surface area contributed by atoms with Crippen molar-refractivity contribution in [2.24, 2.45) is 4.99 Å². The third-order valence-corrected chi connectivity index (χ3v) is 5.28. The summed E-state index contributed by atoms with van der Waals surface area (Å²) < 4.78 is 19.2. The fourth-order valence-electron chi connectivity index (χ4n) is 3.59. The van der Waals surface area contributed by atoms with Crippen LogP contribution in [0, 0.1) is 5.82 Å². The van der Waals surface area contributed by atoms with Gasteiger partial charge in [0.25, 0.3) is 0 Å². The maximum Gasteiger partial charge on any atom is 0.239 e. The monoisotopic (exact) mass is 421 g/mol. The van der Waals surface area contributed by atoms with Crippen LogP contribution in [0.3, 0.4) is 0 Å². The van der Waals surface area contributed by atoms with Crippen LogP contribution >= 0.6 is 0 Å². The summed E-state index contributed by atoms with van der Waals surface area (Å²) in [6, 6.07) is 6.21. The molecule has 0 bridgehead atoms. The van der Waals surface area contributed by atoms with E-state index in [2.05, 4.69) is 20.5 Å². The Hall–Kier alpha value is -2.35. The molecule has 7 nitrogen and oxygen atoms in total. The van der Waals surface area contributed by atoms with Crippen LogP contribution < -0.4 is 15.4 Å². The number of ether oxygens (including phenoxy) is 1. The first kappa shape index (κ1) is 23.9. The molecule has 2 N–H and O–H groups in total. The van der Waals surface area contributed by atoms with Crippen molar-refractivity contribution < 1.29 is 13.9 Å². The van der Waals surface area contributed by atoms with E-state index < -0.39 is 0 Å². The number of hydrogen-bond donors (Lipinski definition) is 2. The Kier molecular flexibility index (Phi) is 9.86. The smallest absolute Gasteiger partial charge is 0.239 e. The van der Waals surface area contributed by atoms with Gasteiger partial charge in [-0.05, 0) is 44.4 Å². The molecule has 0 aromatic heterocycles. The van der Waals surface area contributed by atoms with Gasteiger partial charge in [-0.2, -0.15) is 0 Å². The van der Waals surface area contributed by atoms with Gasteiger partial charge in [0.1, 0.15) is 17.7 Å². The quantitative estimate of drug-likeness (QED) is 0.344. The van der Waals surface area contributed by atoms with Crippen LogP contribution in [-0.4, -0.2) is 81.1 Å². The number of nitrogens with one attached hydrogen (secondary N) is 2. The molecular formula is C22H36FN5O2. The lowest BCUT2D eigenvalue weighted by atomic mass is 10.2. The predicted octanol–water partition coefficient (Wildman–Crippen LogP) is 2.09. The van der Waals surface area contributed by atoms with E-state index in [9.17, 15) is 9.18 Å². The van der Waals surface area contributed by atoms with Gasteiger partial charge < -0.3 is 20.3 Å². The van der Waals surface area contributed by atoms with Crippen molar-refractivity contribution in [2.45, 2.75) is 44.8 Å². The molecule has 1 aliphatic rings. The maximum atomic E-state index is 13.3. The Bertz CT molecular complexity index is 698. The van der Waals surface area contributed by atoms with Gasteiger partial charge in [-0.3, -0.25) is 14.7 Å². The van der Waals surface area contributed by atoms with Crippen molar-refractivity contribution in [3.05, 3.63) is 30.1 Å². The van der Waals surface area contributed by atoms with Gasteiger partial charge >= 0.3 is 0 Å². The maximum absolute atomic E-state index is 13.3. The number of amides is 1.